The number of carbonyl (C=O) groups is 4. The van der Waals surface area contributed by atoms with E-state index in [1.54, 1.807) is 12.1 Å². The molecule has 12 nitrogen and oxygen atoms in total. The summed E-state index contributed by atoms with van der Waals surface area (Å²) in [6.07, 6.45) is 0.861. The van der Waals surface area contributed by atoms with Gasteiger partial charge in [-0.15, -0.1) is 0 Å². The van der Waals surface area contributed by atoms with Gasteiger partial charge in [0.05, 0.1) is 19.3 Å². The van der Waals surface area contributed by atoms with Crippen LogP contribution in [0.15, 0.2) is 24.3 Å². The quantitative estimate of drug-likeness (QED) is 0.197. The van der Waals surface area contributed by atoms with Crippen LogP contribution in [-0.4, -0.2) is 92.9 Å². The molecule has 1 aromatic carbocycles. The Labute approximate surface area is 184 Å². The normalized spacial score (nSPS) is 18.5. The van der Waals surface area contributed by atoms with Gasteiger partial charge in [0.1, 0.15) is 23.9 Å². The number of likely N-dealkylation sites (tertiary alicyclic amines) is 1. The first kappa shape index (κ1) is 25.0. The number of hydrogen-bond acceptors (Lipinski definition) is 8. The summed E-state index contributed by atoms with van der Waals surface area (Å²) in [5.41, 5.74) is 6.58. The number of rotatable bonds is 10. The molecule has 12 heteroatoms. The number of nitrogens with zero attached hydrogens (tertiary/aromatic N) is 1. The topological polar surface area (TPSA) is 203 Å². The maximum atomic E-state index is 12.9. The summed E-state index contributed by atoms with van der Waals surface area (Å²) in [5, 5.41) is 41.6. The summed E-state index contributed by atoms with van der Waals surface area (Å²) in [6.45, 7) is -1.36. The van der Waals surface area contributed by atoms with Gasteiger partial charge in [0.15, 0.2) is 0 Å². The molecule has 1 aliphatic heterocycles. The lowest BCUT2D eigenvalue weighted by Crippen LogP contribution is -2.58. The molecule has 0 spiro atoms. The Hall–Kier alpha value is -3.22. The van der Waals surface area contributed by atoms with E-state index in [0.29, 0.717) is 12.0 Å². The second-order valence-electron chi connectivity index (χ2n) is 7.49. The fourth-order valence-electron chi connectivity index (χ4n) is 3.40. The van der Waals surface area contributed by atoms with Crippen LogP contribution in [0.2, 0.25) is 0 Å². The summed E-state index contributed by atoms with van der Waals surface area (Å²) in [5.74, 6) is -3.48. The number of carboxylic acid groups (broad SMARTS) is 1. The van der Waals surface area contributed by atoms with E-state index in [4.69, 9.17) is 15.9 Å². The Morgan fingerprint density at radius 2 is 1.69 bits per heavy atom. The van der Waals surface area contributed by atoms with Crippen LogP contribution in [0.5, 0.6) is 5.75 Å². The molecule has 1 aromatic rings. The van der Waals surface area contributed by atoms with Gasteiger partial charge < -0.3 is 41.7 Å². The lowest BCUT2D eigenvalue weighted by molar-refractivity contribution is -0.146. The number of nitrogens with two attached hydrogens (primary N) is 1. The molecule has 0 aromatic heterocycles. The van der Waals surface area contributed by atoms with Crippen LogP contribution in [0.25, 0.3) is 0 Å². The highest BCUT2D eigenvalue weighted by molar-refractivity contribution is 5.94. The number of phenolic OH excluding ortho intramolecular Hbond substituents is 1. The standard InChI is InChI=1S/C20H28N4O8/c21-13(8-11-3-5-12(27)6-4-11)17(28)22-14(9-25)19(30)24-7-1-2-16(24)18(29)23-15(10-26)20(31)32/h3-6,13-16,25-27H,1-2,7-10,21H2,(H,22,28)(H,23,29)(H,31,32). The average molecular weight is 452 g/mol. The molecule has 0 bridgehead atoms. The van der Waals surface area contributed by atoms with E-state index in [9.17, 15) is 29.4 Å². The molecule has 2 rings (SSSR count). The Morgan fingerprint density at radius 3 is 2.25 bits per heavy atom. The molecule has 3 amide bonds. The van der Waals surface area contributed by atoms with Crippen LogP contribution in [0.1, 0.15) is 18.4 Å². The fraction of sp³-hybridized carbons (Fsp3) is 0.500. The average Bonchev–Trinajstić information content (AvgIpc) is 3.26. The molecule has 1 aliphatic rings. The lowest BCUT2D eigenvalue weighted by atomic mass is 10.1. The second-order valence-corrected chi connectivity index (χ2v) is 7.49. The number of aliphatic hydroxyl groups excluding tert-OH is 2. The number of aromatic hydroxyl groups is 1. The number of benzene rings is 1. The number of amides is 3. The maximum absolute atomic E-state index is 12.9. The molecular weight excluding hydrogens is 424 g/mol. The van der Waals surface area contributed by atoms with Gasteiger partial charge in [-0.2, -0.15) is 0 Å². The molecular formula is C20H28N4O8. The van der Waals surface area contributed by atoms with E-state index in [-0.39, 0.29) is 25.1 Å². The summed E-state index contributed by atoms with van der Waals surface area (Å²) in [6, 6.07) is 1.23. The summed E-state index contributed by atoms with van der Waals surface area (Å²) >= 11 is 0. The number of aliphatic carboxylic acids is 1. The number of phenols is 1. The highest BCUT2D eigenvalue weighted by atomic mass is 16.4. The molecule has 1 saturated heterocycles. The number of carboxylic acids is 1. The van der Waals surface area contributed by atoms with Crippen molar-refractivity contribution in [2.45, 2.75) is 43.4 Å². The molecule has 32 heavy (non-hydrogen) atoms. The Morgan fingerprint density at radius 1 is 1.06 bits per heavy atom. The summed E-state index contributed by atoms with van der Waals surface area (Å²) in [7, 11) is 0. The van der Waals surface area contributed by atoms with E-state index in [1.807, 2.05) is 0 Å². The van der Waals surface area contributed by atoms with Crippen LogP contribution >= 0.6 is 0 Å². The van der Waals surface area contributed by atoms with Crippen LogP contribution in [0.4, 0.5) is 0 Å². The minimum Gasteiger partial charge on any atom is -0.508 e. The van der Waals surface area contributed by atoms with Crippen molar-refractivity contribution >= 4 is 23.7 Å². The first-order valence-electron chi connectivity index (χ1n) is 10.1. The molecule has 0 radical (unpaired) electrons. The van der Waals surface area contributed by atoms with Crippen molar-refractivity contribution in [3.8, 4) is 5.75 Å². The molecule has 8 N–H and O–H groups in total. The monoisotopic (exact) mass is 452 g/mol. The van der Waals surface area contributed by atoms with Crippen molar-refractivity contribution in [1.29, 1.82) is 0 Å². The van der Waals surface area contributed by atoms with Crippen LogP contribution in [0, 0.1) is 0 Å². The Balaban J connectivity index is 2.00. The molecule has 4 unspecified atom stereocenters. The highest BCUT2D eigenvalue weighted by Crippen LogP contribution is 2.19. The number of carbonyl (C=O) groups excluding carboxylic acids is 3. The van der Waals surface area contributed by atoms with Gasteiger partial charge in [0.2, 0.25) is 17.7 Å². The maximum Gasteiger partial charge on any atom is 0.328 e. The van der Waals surface area contributed by atoms with Crippen molar-refractivity contribution in [1.82, 2.24) is 15.5 Å². The van der Waals surface area contributed by atoms with Gasteiger partial charge in [-0.3, -0.25) is 14.4 Å². The van der Waals surface area contributed by atoms with E-state index in [0.717, 1.165) is 4.90 Å². The Bertz CT molecular complexity index is 831. The van der Waals surface area contributed by atoms with Crippen LogP contribution in [-0.2, 0) is 25.6 Å². The van der Waals surface area contributed by atoms with Gasteiger partial charge in [-0.25, -0.2) is 4.79 Å². The van der Waals surface area contributed by atoms with Crippen molar-refractivity contribution < 1.29 is 39.6 Å². The summed E-state index contributed by atoms with van der Waals surface area (Å²) in [4.78, 5) is 49.9. The molecule has 0 aliphatic carbocycles. The third kappa shape index (κ3) is 6.39. The van der Waals surface area contributed by atoms with Crippen molar-refractivity contribution in [2.75, 3.05) is 19.8 Å². The zero-order valence-electron chi connectivity index (χ0n) is 17.3. The molecule has 4 atom stereocenters. The zero-order chi connectivity index (χ0) is 23.8. The van der Waals surface area contributed by atoms with E-state index in [2.05, 4.69) is 10.6 Å². The van der Waals surface area contributed by atoms with Crippen molar-refractivity contribution in [3.05, 3.63) is 29.8 Å². The number of hydrogen-bond donors (Lipinski definition) is 7. The minimum atomic E-state index is -1.51. The van der Waals surface area contributed by atoms with E-state index in [1.165, 1.54) is 12.1 Å². The third-order valence-electron chi connectivity index (χ3n) is 5.16. The van der Waals surface area contributed by atoms with E-state index >= 15 is 0 Å². The van der Waals surface area contributed by atoms with Gasteiger partial charge >= 0.3 is 5.97 Å². The van der Waals surface area contributed by atoms with Crippen LogP contribution in [0.3, 0.4) is 0 Å². The smallest absolute Gasteiger partial charge is 0.328 e. The fourth-order valence-corrected chi connectivity index (χ4v) is 3.40. The molecule has 1 heterocycles. The van der Waals surface area contributed by atoms with Crippen LogP contribution < -0.4 is 16.4 Å². The van der Waals surface area contributed by atoms with Gasteiger partial charge in [-0.1, -0.05) is 12.1 Å². The lowest BCUT2D eigenvalue weighted by Gasteiger charge is -2.29. The largest absolute Gasteiger partial charge is 0.508 e. The molecule has 176 valence electrons. The zero-order valence-corrected chi connectivity index (χ0v) is 17.3. The number of nitrogens with one attached hydrogen (secondary N) is 2. The predicted octanol–water partition coefficient (Wildman–Crippen LogP) is -2.71. The minimum absolute atomic E-state index is 0.0654. The SMILES string of the molecule is NC(Cc1ccc(O)cc1)C(=O)NC(CO)C(=O)N1CCCC1C(=O)NC(CO)C(=O)O. The Kier molecular flexibility index (Phi) is 8.93. The van der Waals surface area contributed by atoms with E-state index < -0.39 is 61.1 Å². The van der Waals surface area contributed by atoms with Gasteiger partial charge in [0, 0.05) is 6.54 Å². The molecule has 0 saturated carbocycles. The first-order chi connectivity index (χ1) is 15.2. The highest BCUT2D eigenvalue weighted by Gasteiger charge is 2.38. The number of aliphatic hydroxyl groups is 2. The van der Waals surface area contributed by atoms with Crippen molar-refractivity contribution in [2.24, 2.45) is 5.73 Å². The second kappa shape index (κ2) is 11.4. The summed E-state index contributed by atoms with van der Waals surface area (Å²) < 4.78 is 0. The predicted molar refractivity (Wildman–Crippen MR) is 110 cm³/mol. The van der Waals surface area contributed by atoms with Crippen molar-refractivity contribution in [3.63, 3.8) is 0 Å². The van der Waals surface area contributed by atoms with Gasteiger partial charge in [-0.05, 0) is 37.0 Å². The first-order valence-corrected chi connectivity index (χ1v) is 10.1. The van der Waals surface area contributed by atoms with Gasteiger partial charge in [0.25, 0.3) is 0 Å². The third-order valence-corrected chi connectivity index (χ3v) is 5.16. The molecule has 1 fully saturated rings.